The molecule has 8 nitrogen and oxygen atoms in total. The lowest BCUT2D eigenvalue weighted by Gasteiger charge is -2.43. The van der Waals surface area contributed by atoms with Gasteiger partial charge < -0.3 is 24.6 Å². The van der Waals surface area contributed by atoms with Crippen LogP contribution in [0.3, 0.4) is 0 Å². The second kappa shape index (κ2) is 8.89. The van der Waals surface area contributed by atoms with Gasteiger partial charge in [0.05, 0.1) is 24.9 Å². The second-order valence-electron chi connectivity index (χ2n) is 8.16. The largest absolute Gasteiger partial charge is 0.492 e. The molecule has 4 rings (SSSR count). The fourth-order valence-electron chi connectivity index (χ4n) is 4.21. The normalized spacial score (nSPS) is 25.1. The standard InChI is InChI=1S/C20H25F3N4O4.H2/c21-20(22,23)17-2-1-14(9-24-17)30-11-13-3-6-26(7-4-13)19(29)27-8-5-16-15(10-27)25-18(28)12-31-16;/h1-2,9,13,15-16H,3-8,10-12H2,(H,25,28);1H/t15-,16+;/m0./s1. The Kier molecular flexibility index (Phi) is 6.22. The molecule has 0 aliphatic carbocycles. The van der Waals surface area contributed by atoms with E-state index in [0.29, 0.717) is 45.0 Å². The van der Waals surface area contributed by atoms with E-state index in [2.05, 4.69) is 10.3 Å². The number of ether oxygens (including phenoxy) is 2. The average molecular weight is 444 g/mol. The number of hydrogen-bond donors (Lipinski definition) is 1. The summed E-state index contributed by atoms with van der Waals surface area (Å²) in [6.07, 6.45) is -1.23. The predicted molar refractivity (Wildman–Crippen MR) is 104 cm³/mol. The van der Waals surface area contributed by atoms with E-state index in [4.69, 9.17) is 9.47 Å². The number of urea groups is 1. The third-order valence-electron chi connectivity index (χ3n) is 5.99. The van der Waals surface area contributed by atoms with Gasteiger partial charge in [0.1, 0.15) is 18.1 Å². The minimum Gasteiger partial charge on any atom is -0.492 e. The van der Waals surface area contributed by atoms with Gasteiger partial charge in [-0.25, -0.2) is 9.78 Å². The summed E-state index contributed by atoms with van der Waals surface area (Å²) in [7, 11) is 0. The summed E-state index contributed by atoms with van der Waals surface area (Å²) in [4.78, 5) is 31.4. The molecule has 1 N–H and O–H groups in total. The van der Waals surface area contributed by atoms with Gasteiger partial charge in [0, 0.05) is 27.6 Å². The maximum Gasteiger partial charge on any atom is 0.433 e. The predicted octanol–water partition coefficient (Wildman–Crippen LogP) is 2.15. The fraction of sp³-hybridized carbons (Fsp3) is 0.650. The summed E-state index contributed by atoms with van der Waals surface area (Å²) in [5.41, 5.74) is -0.949. The molecule has 11 heteroatoms. The van der Waals surface area contributed by atoms with Crippen molar-refractivity contribution in [2.45, 2.75) is 37.6 Å². The van der Waals surface area contributed by atoms with Crippen LogP contribution in [-0.4, -0.2) is 78.3 Å². The van der Waals surface area contributed by atoms with Crippen LogP contribution in [0.25, 0.3) is 0 Å². The summed E-state index contributed by atoms with van der Waals surface area (Å²) in [5.74, 6) is 0.355. The molecule has 3 amide bonds. The smallest absolute Gasteiger partial charge is 0.433 e. The minimum atomic E-state index is -4.47. The fourth-order valence-corrected chi connectivity index (χ4v) is 4.21. The maximum atomic E-state index is 12.9. The van der Waals surface area contributed by atoms with Crippen molar-refractivity contribution in [3.8, 4) is 5.75 Å². The van der Waals surface area contributed by atoms with E-state index in [0.717, 1.165) is 25.1 Å². The molecule has 0 bridgehead atoms. The van der Waals surface area contributed by atoms with Crippen LogP contribution in [0.15, 0.2) is 18.3 Å². The van der Waals surface area contributed by atoms with Crippen LogP contribution >= 0.6 is 0 Å². The van der Waals surface area contributed by atoms with Crippen molar-refractivity contribution in [2.24, 2.45) is 5.92 Å². The first-order valence-electron chi connectivity index (χ1n) is 10.4. The van der Waals surface area contributed by atoms with Gasteiger partial charge >= 0.3 is 12.2 Å². The lowest BCUT2D eigenvalue weighted by Crippen LogP contribution is -2.62. The van der Waals surface area contributed by atoms with E-state index in [1.54, 1.807) is 4.90 Å². The number of morpholine rings is 1. The molecule has 0 spiro atoms. The monoisotopic (exact) mass is 444 g/mol. The minimum absolute atomic E-state index is 0. The number of piperidine rings is 2. The Balaban J connectivity index is 0.00000289. The summed E-state index contributed by atoms with van der Waals surface area (Å²) in [6, 6.07) is 1.97. The Labute approximate surface area is 179 Å². The molecule has 3 aliphatic rings. The van der Waals surface area contributed by atoms with Crippen molar-refractivity contribution in [3.05, 3.63) is 24.0 Å². The molecule has 3 aliphatic heterocycles. The molecule has 172 valence electrons. The molecule has 3 saturated heterocycles. The van der Waals surface area contributed by atoms with Crippen molar-refractivity contribution in [3.63, 3.8) is 0 Å². The highest BCUT2D eigenvalue weighted by Gasteiger charge is 2.38. The summed E-state index contributed by atoms with van der Waals surface area (Å²) < 4.78 is 48.8. The number of halogens is 3. The van der Waals surface area contributed by atoms with Crippen molar-refractivity contribution in [2.75, 3.05) is 39.4 Å². The number of carbonyl (C=O) groups excluding carboxylic acids is 2. The first-order valence-corrected chi connectivity index (χ1v) is 10.4. The van der Waals surface area contributed by atoms with Crippen LogP contribution in [0, 0.1) is 5.92 Å². The number of rotatable bonds is 3. The number of nitrogens with one attached hydrogen (secondary N) is 1. The Hall–Kier alpha value is -2.56. The third kappa shape index (κ3) is 5.20. The highest BCUT2D eigenvalue weighted by molar-refractivity contribution is 5.79. The molecule has 31 heavy (non-hydrogen) atoms. The lowest BCUT2D eigenvalue weighted by molar-refractivity contribution is -0.141. The van der Waals surface area contributed by atoms with Gasteiger partial charge in [-0.1, -0.05) is 0 Å². The summed E-state index contributed by atoms with van der Waals surface area (Å²) in [5, 5.41) is 2.90. The molecule has 3 fully saturated rings. The Morgan fingerprint density at radius 3 is 2.65 bits per heavy atom. The number of alkyl halides is 3. The molecule has 0 unspecified atom stereocenters. The maximum absolute atomic E-state index is 12.9. The van der Waals surface area contributed by atoms with Gasteiger partial charge in [-0.3, -0.25) is 4.79 Å². The van der Waals surface area contributed by atoms with E-state index in [9.17, 15) is 22.8 Å². The number of nitrogens with zero attached hydrogens (tertiary/aromatic N) is 3. The van der Waals surface area contributed by atoms with Gasteiger partial charge in [-0.15, -0.1) is 0 Å². The van der Waals surface area contributed by atoms with Gasteiger partial charge in [0.25, 0.3) is 0 Å². The number of fused-ring (bicyclic) bond motifs is 1. The van der Waals surface area contributed by atoms with Crippen LogP contribution in [0.2, 0.25) is 0 Å². The van der Waals surface area contributed by atoms with Crippen molar-refractivity contribution >= 4 is 11.9 Å². The Morgan fingerprint density at radius 1 is 1.23 bits per heavy atom. The lowest BCUT2D eigenvalue weighted by atomic mass is 9.97. The first-order chi connectivity index (χ1) is 14.8. The van der Waals surface area contributed by atoms with Crippen molar-refractivity contribution in [1.82, 2.24) is 20.1 Å². The molecule has 0 radical (unpaired) electrons. The second-order valence-corrected chi connectivity index (χ2v) is 8.16. The van der Waals surface area contributed by atoms with Crippen LogP contribution in [-0.2, 0) is 15.7 Å². The number of carbonyl (C=O) groups is 2. The molecular formula is C20H27F3N4O4. The number of likely N-dealkylation sites (tertiary alicyclic amines) is 2. The Bertz CT molecular complexity index is 803. The summed E-state index contributed by atoms with van der Waals surface area (Å²) in [6.45, 7) is 2.66. The highest BCUT2D eigenvalue weighted by atomic mass is 19.4. The van der Waals surface area contributed by atoms with E-state index >= 15 is 0 Å². The van der Waals surface area contributed by atoms with Gasteiger partial charge in [0.2, 0.25) is 5.91 Å². The van der Waals surface area contributed by atoms with E-state index in [-0.39, 0.29) is 38.0 Å². The number of pyridine rings is 1. The molecule has 0 saturated carbocycles. The third-order valence-corrected chi connectivity index (χ3v) is 5.99. The zero-order valence-electron chi connectivity index (χ0n) is 16.9. The number of aromatic nitrogens is 1. The SMILES string of the molecule is O=C1CO[C@@H]2CCN(C(=O)N3CCC(COc4ccc(C(F)(F)F)nc4)CC3)C[C@@H]2N1.[HH]. The van der Waals surface area contributed by atoms with Gasteiger partial charge in [-0.2, -0.15) is 13.2 Å². The van der Waals surface area contributed by atoms with E-state index in [1.165, 1.54) is 6.07 Å². The van der Waals surface area contributed by atoms with Crippen LogP contribution < -0.4 is 10.1 Å². The van der Waals surface area contributed by atoms with Crippen LogP contribution in [0.1, 0.15) is 26.4 Å². The molecular weight excluding hydrogens is 417 g/mol. The molecule has 1 aromatic rings. The number of hydrogen-bond acceptors (Lipinski definition) is 5. The molecule has 2 atom stereocenters. The average Bonchev–Trinajstić information content (AvgIpc) is 2.76. The quantitative estimate of drug-likeness (QED) is 0.773. The summed E-state index contributed by atoms with van der Waals surface area (Å²) >= 11 is 0. The van der Waals surface area contributed by atoms with E-state index < -0.39 is 11.9 Å². The number of amides is 3. The molecule has 1 aromatic heterocycles. The van der Waals surface area contributed by atoms with E-state index in [1.807, 2.05) is 4.90 Å². The van der Waals surface area contributed by atoms with Crippen molar-refractivity contribution in [1.29, 1.82) is 0 Å². The molecule has 0 aromatic carbocycles. The topological polar surface area (TPSA) is 84.0 Å². The Morgan fingerprint density at radius 2 is 1.97 bits per heavy atom. The molecule has 4 heterocycles. The van der Waals surface area contributed by atoms with Crippen LogP contribution in [0.5, 0.6) is 5.75 Å². The highest BCUT2D eigenvalue weighted by Crippen LogP contribution is 2.28. The first kappa shape index (κ1) is 21.7. The zero-order valence-corrected chi connectivity index (χ0v) is 16.9. The van der Waals surface area contributed by atoms with Crippen molar-refractivity contribution < 1.29 is 33.7 Å². The van der Waals surface area contributed by atoms with Gasteiger partial charge in [-0.05, 0) is 37.3 Å². The van der Waals surface area contributed by atoms with Gasteiger partial charge in [0.15, 0.2) is 0 Å². The van der Waals surface area contributed by atoms with Crippen LogP contribution in [0.4, 0.5) is 18.0 Å². The zero-order chi connectivity index (χ0) is 22.0.